The van der Waals surface area contributed by atoms with Crippen molar-refractivity contribution in [2.24, 2.45) is 5.92 Å². The van der Waals surface area contributed by atoms with E-state index in [1.54, 1.807) is 18.2 Å². The monoisotopic (exact) mass is 399 g/mol. The number of hydrogen-bond donors (Lipinski definition) is 1. The van der Waals surface area contributed by atoms with Crippen molar-refractivity contribution in [3.63, 3.8) is 0 Å². The Hall–Kier alpha value is -1.85. The number of hydrogen-bond acceptors (Lipinski definition) is 2. The lowest BCUT2D eigenvalue weighted by Gasteiger charge is -2.38. The average Bonchev–Trinajstić information content (AvgIpc) is 3.03. The van der Waals surface area contributed by atoms with Crippen LogP contribution >= 0.6 is 23.2 Å². The van der Waals surface area contributed by atoms with E-state index in [0.717, 1.165) is 23.2 Å². The van der Waals surface area contributed by atoms with Crippen molar-refractivity contribution in [1.82, 2.24) is 0 Å². The highest BCUT2D eigenvalue weighted by atomic mass is 35.5. The van der Waals surface area contributed by atoms with Crippen LogP contribution in [0.25, 0.3) is 0 Å². The third-order valence-corrected chi connectivity index (χ3v) is 5.43. The Labute approximate surface area is 158 Å². The van der Waals surface area contributed by atoms with Crippen molar-refractivity contribution < 1.29 is 17.9 Å². The molecule has 2 aromatic carbocycles. The summed E-state index contributed by atoms with van der Waals surface area (Å²) in [6, 6.07) is 9.73. The third-order valence-electron chi connectivity index (χ3n) is 4.87. The van der Waals surface area contributed by atoms with Crippen LogP contribution in [-0.4, -0.2) is 6.36 Å². The summed E-state index contributed by atoms with van der Waals surface area (Å²) in [6.07, 6.45) is 0.199. The van der Waals surface area contributed by atoms with Crippen molar-refractivity contribution >= 4 is 28.9 Å². The summed E-state index contributed by atoms with van der Waals surface area (Å²) in [4.78, 5) is 0. The first-order chi connectivity index (χ1) is 12.3. The number of halogens is 5. The largest absolute Gasteiger partial charge is 0.573 e. The van der Waals surface area contributed by atoms with Gasteiger partial charge in [0.25, 0.3) is 0 Å². The fraction of sp³-hybridized carbons (Fsp3) is 0.263. The van der Waals surface area contributed by atoms with Crippen LogP contribution in [0.5, 0.6) is 5.75 Å². The average molecular weight is 400 g/mol. The summed E-state index contributed by atoms with van der Waals surface area (Å²) < 4.78 is 41.6. The summed E-state index contributed by atoms with van der Waals surface area (Å²) >= 11 is 12.4. The van der Waals surface area contributed by atoms with Gasteiger partial charge in [-0.1, -0.05) is 41.4 Å². The number of allylic oxidation sites excluding steroid dienone is 2. The first-order valence-electron chi connectivity index (χ1n) is 8.10. The van der Waals surface area contributed by atoms with E-state index in [1.807, 2.05) is 12.1 Å². The lowest BCUT2D eigenvalue weighted by atomic mass is 9.77. The van der Waals surface area contributed by atoms with E-state index in [1.165, 1.54) is 12.1 Å². The summed E-state index contributed by atoms with van der Waals surface area (Å²) in [6.45, 7) is 0. The maximum Gasteiger partial charge on any atom is 0.573 e. The third kappa shape index (κ3) is 3.26. The Balaban J connectivity index is 1.72. The van der Waals surface area contributed by atoms with Crippen LogP contribution in [0.3, 0.4) is 0 Å². The van der Waals surface area contributed by atoms with Crippen LogP contribution in [0.15, 0.2) is 48.6 Å². The first kappa shape index (κ1) is 17.6. The zero-order valence-electron chi connectivity index (χ0n) is 13.4. The topological polar surface area (TPSA) is 21.3 Å². The van der Waals surface area contributed by atoms with Gasteiger partial charge in [-0.15, -0.1) is 13.2 Å². The lowest BCUT2D eigenvalue weighted by Crippen LogP contribution is -2.29. The summed E-state index contributed by atoms with van der Waals surface area (Å²) in [5, 5.41) is 4.56. The van der Waals surface area contributed by atoms with E-state index in [2.05, 4.69) is 16.1 Å². The molecule has 26 heavy (non-hydrogen) atoms. The van der Waals surface area contributed by atoms with Gasteiger partial charge in [0.05, 0.1) is 6.04 Å². The molecule has 1 aliphatic heterocycles. The van der Waals surface area contributed by atoms with Crippen molar-refractivity contribution in [2.75, 3.05) is 5.32 Å². The van der Waals surface area contributed by atoms with Crippen molar-refractivity contribution in [1.29, 1.82) is 0 Å². The summed E-state index contributed by atoms with van der Waals surface area (Å²) in [5.41, 5.74) is 2.51. The molecule has 2 aromatic rings. The van der Waals surface area contributed by atoms with Gasteiger partial charge in [0.1, 0.15) is 5.75 Å². The van der Waals surface area contributed by atoms with Gasteiger partial charge in [-0.2, -0.15) is 0 Å². The minimum atomic E-state index is -4.71. The number of alkyl halides is 3. The molecule has 0 fully saturated rings. The molecule has 0 bridgehead atoms. The Morgan fingerprint density at radius 1 is 1.04 bits per heavy atom. The number of benzene rings is 2. The molecule has 1 N–H and O–H groups in total. The van der Waals surface area contributed by atoms with Crippen LogP contribution in [-0.2, 0) is 0 Å². The Morgan fingerprint density at radius 2 is 1.85 bits per heavy atom. The molecule has 0 aromatic heterocycles. The smallest absolute Gasteiger partial charge is 0.406 e. The Bertz CT molecular complexity index is 882. The van der Waals surface area contributed by atoms with Crippen molar-refractivity contribution in [2.45, 2.75) is 24.7 Å². The molecule has 0 spiro atoms. The van der Waals surface area contributed by atoms with Crippen LogP contribution in [0.1, 0.15) is 29.5 Å². The standard InChI is InChI=1S/C19H14Cl2F3NO/c20-10-4-6-14(16(21)8-10)18-13-3-1-2-12(13)15-9-11(26-19(22,23)24)5-7-17(15)25-18/h1-2,4-9,12-13,18,25H,3H2/t12-,13+,18+/m1/s1. The predicted molar refractivity (Wildman–Crippen MR) is 95.9 cm³/mol. The second kappa shape index (κ2) is 6.39. The second-order valence-electron chi connectivity index (χ2n) is 6.44. The van der Waals surface area contributed by atoms with Gasteiger partial charge in [0.15, 0.2) is 0 Å². The Morgan fingerprint density at radius 3 is 2.58 bits per heavy atom. The van der Waals surface area contributed by atoms with Gasteiger partial charge >= 0.3 is 6.36 Å². The van der Waals surface area contributed by atoms with E-state index in [4.69, 9.17) is 23.2 Å². The highest BCUT2D eigenvalue weighted by Crippen LogP contribution is 2.51. The molecule has 2 aliphatic rings. The van der Waals surface area contributed by atoms with Gasteiger partial charge in [-0.3, -0.25) is 0 Å². The molecular formula is C19H14Cl2F3NO. The molecule has 0 radical (unpaired) electrons. The summed E-state index contributed by atoms with van der Waals surface area (Å²) in [7, 11) is 0. The number of fused-ring (bicyclic) bond motifs is 3. The molecular weight excluding hydrogens is 386 g/mol. The SMILES string of the molecule is FC(F)(F)Oc1ccc2c(c1)[C@@H]1C=CC[C@@H]1[C@@H](c1ccc(Cl)cc1Cl)N2. The molecule has 3 atom stereocenters. The minimum absolute atomic E-state index is 0.000205. The molecule has 0 saturated heterocycles. The van der Waals surface area contributed by atoms with Gasteiger partial charge < -0.3 is 10.1 Å². The van der Waals surface area contributed by atoms with Crippen LogP contribution in [0.4, 0.5) is 18.9 Å². The number of rotatable bonds is 2. The number of ether oxygens (including phenoxy) is 1. The van der Waals surface area contributed by atoms with Crippen LogP contribution in [0, 0.1) is 5.92 Å². The second-order valence-corrected chi connectivity index (χ2v) is 7.28. The predicted octanol–water partition coefficient (Wildman–Crippen LogP) is 6.72. The van der Waals surface area contributed by atoms with E-state index in [0.29, 0.717) is 10.0 Å². The maximum absolute atomic E-state index is 12.5. The van der Waals surface area contributed by atoms with E-state index in [9.17, 15) is 13.2 Å². The normalized spacial score (nSPS) is 24.0. The molecule has 7 heteroatoms. The Kier molecular flexibility index (Phi) is 4.32. The highest BCUT2D eigenvalue weighted by Gasteiger charge is 2.39. The van der Waals surface area contributed by atoms with Crippen LogP contribution < -0.4 is 10.1 Å². The molecule has 0 amide bonds. The zero-order valence-corrected chi connectivity index (χ0v) is 14.9. The van der Waals surface area contributed by atoms with Gasteiger partial charge in [0, 0.05) is 21.7 Å². The van der Waals surface area contributed by atoms with Crippen molar-refractivity contribution in [3.05, 3.63) is 69.7 Å². The molecule has 136 valence electrons. The van der Waals surface area contributed by atoms with E-state index in [-0.39, 0.29) is 23.6 Å². The minimum Gasteiger partial charge on any atom is -0.406 e. The summed E-state index contributed by atoms with van der Waals surface area (Å²) in [5.74, 6) is -0.0536. The van der Waals surface area contributed by atoms with E-state index >= 15 is 0 Å². The van der Waals surface area contributed by atoms with E-state index < -0.39 is 6.36 Å². The van der Waals surface area contributed by atoms with Gasteiger partial charge in [-0.25, -0.2) is 0 Å². The molecule has 2 nitrogen and oxygen atoms in total. The lowest BCUT2D eigenvalue weighted by molar-refractivity contribution is -0.274. The highest BCUT2D eigenvalue weighted by molar-refractivity contribution is 6.35. The number of nitrogens with one attached hydrogen (secondary N) is 1. The van der Waals surface area contributed by atoms with Gasteiger partial charge in [-0.05, 0) is 53.8 Å². The van der Waals surface area contributed by atoms with Crippen molar-refractivity contribution in [3.8, 4) is 5.75 Å². The molecule has 4 rings (SSSR count). The fourth-order valence-electron chi connectivity index (χ4n) is 3.83. The maximum atomic E-state index is 12.5. The van der Waals surface area contributed by atoms with Gasteiger partial charge in [0.2, 0.25) is 0 Å². The molecule has 0 unspecified atom stereocenters. The zero-order chi connectivity index (χ0) is 18.5. The number of anilines is 1. The van der Waals surface area contributed by atoms with Crippen LogP contribution in [0.2, 0.25) is 10.0 Å². The molecule has 0 saturated carbocycles. The molecule has 1 heterocycles. The fourth-order valence-corrected chi connectivity index (χ4v) is 4.36. The molecule has 1 aliphatic carbocycles. The first-order valence-corrected chi connectivity index (χ1v) is 8.85. The quantitative estimate of drug-likeness (QED) is 0.565.